The lowest BCUT2D eigenvalue weighted by molar-refractivity contribution is 0.0388. The van der Waals surface area contributed by atoms with E-state index in [2.05, 4.69) is 0 Å². The summed E-state index contributed by atoms with van der Waals surface area (Å²) < 4.78 is 5.38. The first-order chi connectivity index (χ1) is 6.99. The molecule has 0 aromatic heterocycles. The van der Waals surface area contributed by atoms with Crippen molar-refractivity contribution in [1.29, 1.82) is 0 Å². The zero-order chi connectivity index (χ0) is 11.1. The lowest BCUT2D eigenvalue weighted by Gasteiger charge is -2.20. The molecule has 2 atom stereocenters. The molecular formula is C12H21NO2. The summed E-state index contributed by atoms with van der Waals surface area (Å²) in [6.45, 7) is 5.76. The number of hydrogen-bond acceptors (Lipinski definition) is 2. The molecule has 3 heteroatoms. The highest BCUT2D eigenvalue weighted by Gasteiger charge is 2.51. The van der Waals surface area contributed by atoms with Gasteiger partial charge in [0.2, 0.25) is 0 Å². The molecule has 1 aliphatic carbocycles. The van der Waals surface area contributed by atoms with Crippen LogP contribution in [0.1, 0.15) is 52.9 Å². The minimum Gasteiger partial charge on any atom is -0.444 e. The molecule has 1 aliphatic heterocycles. The second-order valence-electron chi connectivity index (χ2n) is 5.66. The van der Waals surface area contributed by atoms with Crippen molar-refractivity contribution in [2.24, 2.45) is 0 Å². The van der Waals surface area contributed by atoms with Crippen molar-refractivity contribution >= 4 is 6.09 Å². The summed E-state index contributed by atoms with van der Waals surface area (Å²) in [5.41, 5.74) is -0.362. The van der Waals surface area contributed by atoms with Gasteiger partial charge in [-0.1, -0.05) is 19.3 Å². The van der Waals surface area contributed by atoms with Gasteiger partial charge in [0, 0.05) is 0 Å². The average molecular weight is 211 g/mol. The van der Waals surface area contributed by atoms with Crippen molar-refractivity contribution in [3.05, 3.63) is 0 Å². The second-order valence-corrected chi connectivity index (χ2v) is 5.66. The SMILES string of the molecule is CC(C)(C)OC(=O)N1[C@@H]2CCCCC[C@@H]21. The Morgan fingerprint density at radius 1 is 1.13 bits per heavy atom. The summed E-state index contributed by atoms with van der Waals surface area (Å²) in [7, 11) is 0. The first-order valence-electron chi connectivity index (χ1n) is 6.00. The summed E-state index contributed by atoms with van der Waals surface area (Å²) in [6.07, 6.45) is 6.09. The molecule has 1 saturated carbocycles. The fourth-order valence-electron chi connectivity index (χ4n) is 2.47. The second kappa shape index (κ2) is 3.69. The van der Waals surface area contributed by atoms with Crippen molar-refractivity contribution in [3.63, 3.8) is 0 Å². The van der Waals surface area contributed by atoms with Crippen LogP contribution in [0.2, 0.25) is 0 Å². The summed E-state index contributed by atoms with van der Waals surface area (Å²) >= 11 is 0. The monoisotopic (exact) mass is 211 g/mol. The molecule has 0 N–H and O–H groups in total. The van der Waals surface area contributed by atoms with E-state index in [0.717, 1.165) is 0 Å². The van der Waals surface area contributed by atoms with Crippen LogP contribution < -0.4 is 0 Å². The number of ether oxygens (including phenoxy) is 1. The van der Waals surface area contributed by atoms with E-state index in [4.69, 9.17) is 4.74 Å². The first-order valence-corrected chi connectivity index (χ1v) is 6.00. The molecule has 86 valence electrons. The van der Waals surface area contributed by atoms with Crippen LogP contribution in [0.15, 0.2) is 0 Å². The summed E-state index contributed by atoms with van der Waals surface area (Å²) in [5.74, 6) is 0. The van der Waals surface area contributed by atoms with E-state index in [-0.39, 0.29) is 11.7 Å². The van der Waals surface area contributed by atoms with Crippen LogP contribution in [0.4, 0.5) is 4.79 Å². The highest BCUT2D eigenvalue weighted by atomic mass is 16.6. The molecule has 2 aliphatic rings. The molecule has 0 spiro atoms. The van der Waals surface area contributed by atoms with E-state index in [1.165, 1.54) is 32.1 Å². The number of amides is 1. The van der Waals surface area contributed by atoms with Crippen LogP contribution in [0.3, 0.4) is 0 Å². The Bertz CT molecular complexity index is 245. The van der Waals surface area contributed by atoms with E-state index in [0.29, 0.717) is 12.1 Å². The number of hydrogen-bond donors (Lipinski definition) is 0. The Morgan fingerprint density at radius 2 is 1.67 bits per heavy atom. The normalized spacial score (nSPS) is 30.5. The Labute approximate surface area is 91.8 Å². The molecule has 1 saturated heterocycles. The van der Waals surface area contributed by atoms with Gasteiger partial charge in [0.15, 0.2) is 0 Å². The number of likely N-dealkylation sites (tertiary alicyclic amines) is 1. The number of carbonyl (C=O) groups is 1. The molecule has 1 amide bonds. The zero-order valence-electron chi connectivity index (χ0n) is 9.95. The van der Waals surface area contributed by atoms with Crippen LogP contribution in [-0.2, 0) is 4.74 Å². The van der Waals surface area contributed by atoms with Gasteiger partial charge in [-0.25, -0.2) is 4.79 Å². The van der Waals surface area contributed by atoms with Crippen LogP contribution in [0.25, 0.3) is 0 Å². The van der Waals surface area contributed by atoms with E-state index in [1.54, 1.807) is 0 Å². The average Bonchev–Trinajstić information content (AvgIpc) is 2.72. The Hall–Kier alpha value is -0.730. The van der Waals surface area contributed by atoms with Crippen LogP contribution in [0, 0.1) is 0 Å². The number of rotatable bonds is 0. The van der Waals surface area contributed by atoms with Gasteiger partial charge in [-0.3, -0.25) is 4.90 Å². The molecule has 0 unspecified atom stereocenters. The van der Waals surface area contributed by atoms with E-state index in [9.17, 15) is 4.79 Å². The van der Waals surface area contributed by atoms with Gasteiger partial charge in [0.25, 0.3) is 0 Å². The minimum atomic E-state index is -0.362. The molecule has 0 aromatic carbocycles. The minimum absolute atomic E-state index is 0.112. The molecule has 2 fully saturated rings. The van der Waals surface area contributed by atoms with Gasteiger partial charge in [0.05, 0.1) is 12.1 Å². The van der Waals surface area contributed by atoms with Crippen LogP contribution in [-0.4, -0.2) is 28.7 Å². The Morgan fingerprint density at radius 3 is 2.13 bits per heavy atom. The third-order valence-electron chi connectivity index (χ3n) is 3.17. The smallest absolute Gasteiger partial charge is 0.410 e. The molecule has 15 heavy (non-hydrogen) atoms. The number of carbonyl (C=O) groups excluding carboxylic acids is 1. The van der Waals surface area contributed by atoms with Gasteiger partial charge in [-0.05, 0) is 33.6 Å². The number of fused-ring (bicyclic) bond motifs is 1. The van der Waals surface area contributed by atoms with E-state index >= 15 is 0 Å². The largest absolute Gasteiger partial charge is 0.444 e. The highest BCUT2D eigenvalue weighted by molar-refractivity contribution is 5.72. The zero-order valence-corrected chi connectivity index (χ0v) is 9.95. The quantitative estimate of drug-likeness (QED) is 0.576. The fourth-order valence-corrected chi connectivity index (χ4v) is 2.47. The molecule has 0 aromatic rings. The summed E-state index contributed by atoms with van der Waals surface area (Å²) in [6, 6.07) is 0.977. The molecule has 3 nitrogen and oxygen atoms in total. The molecule has 1 heterocycles. The standard InChI is InChI=1S/C12H21NO2/c1-12(2,3)15-11(14)13-9-7-5-4-6-8-10(9)13/h9-10H,4-8H2,1-3H3/t9-,10+,13?. The summed E-state index contributed by atoms with van der Waals surface area (Å²) in [5, 5.41) is 0. The number of nitrogens with zero attached hydrogens (tertiary/aromatic N) is 1. The van der Waals surface area contributed by atoms with E-state index in [1.807, 2.05) is 25.7 Å². The molecule has 2 rings (SSSR count). The third-order valence-corrected chi connectivity index (χ3v) is 3.17. The van der Waals surface area contributed by atoms with Crippen molar-refractivity contribution in [2.45, 2.75) is 70.6 Å². The van der Waals surface area contributed by atoms with Gasteiger partial charge < -0.3 is 4.74 Å². The van der Waals surface area contributed by atoms with Crippen LogP contribution in [0.5, 0.6) is 0 Å². The molecular weight excluding hydrogens is 190 g/mol. The molecule has 0 bridgehead atoms. The predicted molar refractivity (Wildman–Crippen MR) is 58.7 cm³/mol. The maximum absolute atomic E-state index is 11.8. The van der Waals surface area contributed by atoms with Crippen molar-refractivity contribution in [2.75, 3.05) is 0 Å². The third kappa shape index (κ3) is 2.44. The van der Waals surface area contributed by atoms with Crippen LogP contribution >= 0.6 is 0 Å². The van der Waals surface area contributed by atoms with Gasteiger partial charge >= 0.3 is 6.09 Å². The Kier molecular flexibility index (Phi) is 2.65. The maximum atomic E-state index is 11.8. The van der Waals surface area contributed by atoms with Crippen molar-refractivity contribution in [3.8, 4) is 0 Å². The van der Waals surface area contributed by atoms with Gasteiger partial charge in [-0.2, -0.15) is 0 Å². The summed E-state index contributed by atoms with van der Waals surface area (Å²) in [4.78, 5) is 13.7. The van der Waals surface area contributed by atoms with Crippen molar-refractivity contribution < 1.29 is 9.53 Å². The topological polar surface area (TPSA) is 29.3 Å². The highest BCUT2D eigenvalue weighted by Crippen LogP contribution is 2.40. The van der Waals surface area contributed by atoms with Crippen molar-refractivity contribution in [1.82, 2.24) is 4.90 Å². The van der Waals surface area contributed by atoms with Gasteiger partial charge in [-0.15, -0.1) is 0 Å². The Balaban J connectivity index is 1.89. The fraction of sp³-hybridized carbons (Fsp3) is 0.917. The first kappa shape index (κ1) is 10.8. The predicted octanol–water partition coefficient (Wildman–Crippen LogP) is 2.94. The van der Waals surface area contributed by atoms with E-state index < -0.39 is 0 Å². The molecule has 0 radical (unpaired) electrons. The lowest BCUT2D eigenvalue weighted by Crippen LogP contribution is -2.28. The maximum Gasteiger partial charge on any atom is 0.410 e. The van der Waals surface area contributed by atoms with Gasteiger partial charge in [0.1, 0.15) is 5.60 Å². The lowest BCUT2D eigenvalue weighted by atomic mass is 10.2.